The Labute approximate surface area is 188 Å². The fourth-order valence-electron chi connectivity index (χ4n) is 3.09. The molecular formula is C23H21FN6O3. The van der Waals surface area contributed by atoms with E-state index in [9.17, 15) is 9.18 Å². The summed E-state index contributed by atoms with van der Waals surface area (Å²) in [5.74, 6) is -0.146. The molecule has 0 saturated heterocycles. The highest BCUT2D eigenvalue weighted by Crippen LogP contribution is 2.26. The molecule has 0 fully saturated rings. The van der Waals surface area contributed by atoms with Gasteiger partial charge in [0.2, 0.25) is 11.9 Å². The first-order chi connectivity index (χ1) is 16.1. The highest BCUT2D eigenvalue weighted by atomic mass is 19.1. The lowest BCUT2D eigenvalue weighted by molar-refractivity contribution is -0.111. The van der Waals surface area contributed by atoms with Gasteiger partial charge in [0.05, 0.1) is 30.2 Å². The van der Waals surface area contributed by atoms with Gasteiger partial charge in [-0.15, -0.1) is 0 Å². The Hall–Kier alpha value is -4.31. The van der Waals surface area contributed by atoms with Crippen LogP contribution in [0.5, 0.6) is 5.75 Å². The number of fused-ring (bicyclic) bond motifs is 1. The molecule has 10 heteroatoms. The van der Waals surface area contributed by atoms with Crippen LogP contribution in [0.4, 0.5) is 21.7 Å². The van der Waals surface area contributed by atoms with Crippen molar-refractivity contribution >= 4 is 34.1 Å². The van der Waals surface area contributed by atoms with Crippen molar-refractivity contribution in [1.29, 1.82) is 0 Å². The molecule has 0 unspecified atom stereocenters. The lowest BCUT2D eigenvalue weighted by Crippen LogP contribution is -2.08. The maximum atomic E-state index is 14.6. The zero-order valence-electron chi connectivity index (χ0n) is 17.8. The number of nitrogens with one attached hydrogen (secondary N) is 2. The normalized spacial score (nSPS) is 10.7. The molecular weight excluding hydrogens is 427 g/mol. The van der Waals surface area contributed by atoms with E-state index < -0.39 is 5.82 Å². The van der Waals surface area contributed by atoms with Crippen LogP contribution in [0.25, 0.3) is 16.7 Å². The number of benzene rings is 2. The van der Waals surface area contributed by atoms with Gasteiger partial charge in [-0.1, -0.05) is 12.6 Å². The van der Waals surface area contributed by atoms with Crippen molar-refractivity contribution in [3.63, 3.8) is 0 Å². The van der Waals surface area contributed by atoms with E-state index in [0.29, 0.717) is 41.2 Å². The van der Waals surface area contributed by atoms with E-state index in [2.05, 4.69) is 32.3 Å². The van der Waals surface area contributed by atoms with Gasteiger partial charge < -0.3 is 20.1 Å². The maximum Gasteiger partial charge on any atom is 0.247 e. The second-order valence-electron chi connectivity index (χ2n) is 6.84. The Balaban J connectivity index is 1.59. The van der Waals surface area contributed by atoms with Gasteiger partial charge in [-0.25, -0.2) is 14.1 Å². The highest BCUT2D eigenvalue weighted by Gasteiger charge is 2.15. The summed E-state index contributed by atoms with van der Waals surface area (Å²) in [7, 11) is 1.61. The fourth-order valence-corrected chi connectivity index (χ4v) is 3.09. The first-order valence-corrected chi connectivity index (χ1v) is 10.0. The number of rotatable bonds is 9. The molecule has 0 spiro atoms. The number of nitrogens with zero attached hydrogens (tertiary/aromatic N) is 4. The smallest absolute Gasteiger partial charge is 0.247 e. The van der Waals surface area contributed by atoms with E-state index in [4.69, 9.17) is 9.47 Å². The zero-order chi connectivity index (χ0) is 23.2. The van der Waals surface area contributed by atoms with Gasteiger partial charge in [-0.2, -0.15) is 10.1 Å². The van der Waals surface area contributed by atoms with Gasteiger partial charge in [-0.05, 0) is 42.5 Å². The van der Waals surface area contributed by atoms with E-state index >= 15 is 0 Å². The summed E-state index contributed by atoms with van der Waals surface area (Å²) in [6.45, 7) is 4.39. The number of carbonyl (C=O) groups excluding carboxylic acids is 1. The van der Waals surface area contributed by atoms with Crippen molar-refractivity contribution in [2.24, 2.45) is 0 Å². The van der Waals surface area contributed by atoms with Crippen LogP contribution in [0.2, 0.25) is 0 Å². The largest absolute Gasteiger partial charge is 0.491 e. The molecule has 0 radical (unpaired) electrons. The SMILES string of the molecule is C=CC(=O)Nc1cccc2c1cnn2-c1nc(Nc2ccc(OCCOC)cc2)ncc1F. The van der Waals surface area contributed by atoms with Gasteiger partial charge in [0.15, 0.2) is 11.6 Å². The molecule has 2 aromatic carbocycles. The molecule has 2 aromatic heterocycles. The van der Waals surface area contributed by atoms with Crippen LogP contribution in [0, 0.1) is 5.82 Å². The monoisotopic (exact) mass is 448 g/mol. The van der Waals surface area contributed by atoms with Gasteiger partial charge >= 0.3 is 0 Å². The third-order valence-electron chi connectivity index (χ3n) is 4.65. The first-order valence-electron chi connectivity index (χ1n) is 10.0. The van der Waals surface area contributed by atoms with Crippen LogP contribution >= 0.6 is 0 Å². The number of ether oxygens (including phenoxy) is 2. The molecule has 0 aliphatic heterocycles. The van der Waals surface area contributed by atoms with Crippen molar-refractivity contribution in [1.82, 2.24) is 19.7 Å². The maximum absolute atomic E-state index is 14.6. The number of hydrogen-bond donors (Lipinski definition) is 2. The lowest BCUT2D eigenvalue weighted by atomic mass is 10.2. The van der Waals surface area contributed by atoms with E-state index in [1.807, 2.05) is 0 Å². The number of hydrogen-bond acceptors (Lipinski definition) is 7. The quantitative estimate of drug-likeness (QED) is 0.296. The molecule has 168 valence electrons. The van der Waals surface area contributed by atoms with Gasteiger partial charge in [0.25, 0.3) is 0 Å². The molecule has 0 aliphatic carbocycles. The summed E-state index contributed by atoms with van der Waals surface area (Å²) in [5, 5.41) is 10.7. The molecule has 4 aromatic rings. The standard InChI is InChI=1S/C23H21FN6O3/c1-3-21(31)28-19-5-4-6-20-17(19)13-26-30(20)22-18(24)14-25-23(29-22)27-15-7-9-16(10-8-15)33-12-11-32-2/h3-10,13-14H,1,11-12H2,2H3,(H,28,31)(H,25,27,29). The Morgan fingerprint density at radius 1 is 1.18 bits per heavy atom. The molecule has 1 amide bonds. The van der Waals surface area contributed by atoms with E-state index in [1.54, 1.807) is 49.6 Å². The predicted molar refractivity (Wildman–Crippen MR) is 123 cm³/mol. The number of methoxy groups -OCH3 is 1. The number of aromatic nitrogens is 4. The van der Waals surface area contributed by atoms with E-state index in [-0.39, 0.29) is 17.7 Å². The van der Waals surface area contributed by atoms with Crippen LogP contribution in [-0.2, 0) is 9.53 Å². The van der Waals surface area contributed by atoms with Crippen LogP contribution in [0.15, 0.2) is 67.5 Å². The van der Waals surface area contributed by atoms with E-state index in [0.717, 1.165) is 6.20 Å². The first kappa shape index (κ1) is 21.9. The lowest BCUT2D eigenvalue weighted by Gasteiger charge is -2.10. The Kier molecular flexibility index (Phi) is 6.56. The Bertz CT molecular complexity index is 1290. The summed E-state index contributed by atoms with van der Waals surface area (Å²) in [5.41, 5.74) is 1.80. The van der Waals surface area contributed by atoms with Gasteiger partial charge in [0.1, 0.15) is 12.4 Å². The van der Waals surface area contributed by atoms with Crippen molar-refractivity contribution in [3.05, 3.63) is 73.3 Å². The average molecular weight is 448 g/mol. The van der Waals surface area contributed by atoms with Crippen LogP contribution < -0.4 is 15.4 Å². The molecule has 0 atom stereocenters. The minimum Gasteiger partial charge on any atom is -0.491 e. The second-order valence-corrected chi connectivity index (χ2v) is 6.84. The van der Waals surface area contributed by atoms with Crippen molar-refractivity contribution < 1.29 is 18.7 Å². The molecule has 4 rings (SSSR count). The summed E-state index contributed by atoms with van der Waals surface area (Å²) < 4.78 is 26.5. The van der Waals surface area contributed by atoms with Crippen LogP contribution in [0.1, 0.15) is 0 Å². The van der Waals surface area contributed by atoms with Crippen LogP contribution in [-0.4, -0.2) is 46.0 Å². The topological polar surface area (TPSA) is 103 Å². The molecule has 0 bridgehead atoms. The highest BCUT2D eigenvalue weighted by molar-refractivity contribution is 6.05. The molecule has 9 nitrogen and oxygen atoms in total. The number of carbonyl (C=O) groups is 1. The van der Waals surface area contributed by atoms with Gasteiger partial charge in [-0.3, -0.25) is 4.79 Å². The summed E-state index contributed by atoms with van der Waals surface area (Å²) >= 11 is 0. The Morgan fingerprint density at radius 2 is 2.00 bits per heavy atom. The molecule has 0 saturated carbocycles. The second kappa shape index (κ2) is 9.88. The zero-order valence-corrected chi connectivity index (χ0v) is 17.8. The number of anilines is 3. The minimum absolute atomic E-state index is 0.0331. The molecule has 2 heterocycles. The Morgan fingerprint density at radius 3 is 2.76 bits per heavy atom. The molecule has 33 heavy (non-hydrogen) atoms. The predicted octanol–water partition coefficient (Wildman–Crippen LogP) is 3.85. The van der Waals surface area contributed by atoms with Crippen LogP contribution in [0.3, 0.4) is 0 Å². The summed E-state index contributed by atoms with van der Waals surface area (Å²) in [6.07, 6.45) is 3.78. The number of amides is 1. The third-order valence-corrected chi connectivity index (χ3v) is 4.65. The van der Waals surface area contributed by atoms with Gasteiger partial charge in [0, 0.05) is 18.2 Å². The molecule has 0 aliphatic rings. The number of halogens is 1. The fraction of sp³-hybridized carbons (Fsp3) is 0.130. The van der Waals surface area contributed by atoms with Crippen molar-refractivity contribution in [2.75, 3.05) is 31.0 Å². The molecule has 2 N–H and O–H groups in total. The minimum atomic E-state index is -0.645. The van der Waals surface area contributed by atoms with Crippen molar-refractivity contribution in [3.8, 4) is 11.6 Å². The van der Waals surface area contributed by atoms with E-state index in [1.165, 1.54) is 17.0 Å². The summed E-state index contributed by atoms with van der Waals surface area (Å²) in [4.78, 5) is 20.0. The van der Waals surface area contributed by atoms with Crippen molar-refractivity contribution in [2.45, 2.75) is 0 Å². The third kappa shape index (κ3) is 4.96. The average Bonchev–Trinajstić information content (AvgIpc) is 3.26. The summed E-state index contributed by atoms with van der Waals surface area (Å²) in [6, 6.07) is 12.4.